The fourth-order valence-electron chi connectivity index (χ4n) is 4.16. The Morgan fingerprint density at radius 3 is 3.00 bits per heavy atom. The van der Waals surface area contributed by atoms with Crippen LogP contribution in [-0.4, -0.2) is 66.8 Å². The van der Waals surface area contributed by atoms with Gasteiger partial charge in [-0.3, -0.25) is 14.7 Å². The number of hydrogen-bond acceptors (Lipinski definition) is 6. The van der Waals surface area contributed by atoms with Crippen molar-refractivity contribution in [3.05, 3.63) is 36.0 Å². The summed E-state index contributed by atoms with van der Waals surface area (Å²) in [5.74, 6) is 0.0722. The zero-order valence-electron chi connectivity index (χ0n) is 16.3. The number of piperazine rings is 1. The van der Waals surface area contributed by atoms with Gasteiger partial charge in [0.1, 0.15) is 6.07 Å². The number of fused-ring (bicyclic) bond motifs is 1. The van der Waals surface area contributed by atoms with Crippen molar-refractivity contribution in [2.24, 2.45) is 0 Å². The van der Waals surface area contributed by atoms with Crippen molar-refractivity contribution in [3.8, 4) is 6.07 Å². The van der Waals surface area contributed by atoms with E-state index in [1.54, 1.807) is 6.20 Å². The predicted molar refractivity (Wildman–Crippen MR) is 107 cm³/mol. The molecule has 28 heavy (non-hydrogen) atoms. The second-order valence-corrected chi connectivity index (χ2v) is 7.70. The van der Waals surface area contributed by atoms with E-state index in [1.165, 1.54) is 0 Å². The number of aromatic nitrogens is 1. The lowest BCUT2D eigenvalue weighted by Gasteiger charge is -2.42. The molecular weight excluding hydrogens is 354 g/mol. The Labute approximate surface area is 164 Å². The number of nitriles is 1. The highest BCUT2D eigenvalue weighted by atomic mass is 16.5. The maximum absolute atomic E-state index is 11.8. The van der Waals surface area contributed by atoms with E-state index in [0.717, 1.165) is 36.2 Å². The van der Waals surface area contributed by atoms with Crippen LogP contribution in [0.5, 0.6) is 0 Å². The van der Waals surface area contributed by atoms with Gasteiger partial charge in [-0.05, 0) is 38.1 Å². The summed E-state index contributed by atoms with van der Waals surface area (Å²) in [7, 11) is 0. The van der Waals surface area contributed by atoms with Crippen molar-refractivity contribution in [2.75, 3.05) is 37.6 Å². The van der Waals surface area contributed by atoms with Crippen LogP contribution in [0.3, 0.4) is 0 Å². The number of ether oxygens (including phenoxy) is 1. The summed E-state index contributed by atoms with van der Waals surface area (Å²) in [6, 6.07) is 10.3. The summed E-state index contributed by atoms with van der Waals surface area (Å²) in [5, 5.41) is 13.3. The molecule has 0 unspecified atom stereocenters. The lowest BCUT2D eigenvalue weighted by Crippen LogP contribution is -2.58. The summed E-state index contributed by atoms with van der Waals surface area (Å²) in [5.41, 5.74) is 2.40. The number of rotatable bonds is 3. The average molecular weight is 379 g/mol. The SMILES string of the molecule is C[C@@H]1CN(c2ccc(C#N)c3ncccc23)C[C@H](CN2CC(=O)NC[C@H]2C)O1. The van der Waals surface area contributed by atoms with Gasteiger partial charge < -0.3 is 15.0 Å². The third kappa shape index (κ3) is 3.66. The Morgan fingerprint density at radius 1 is 1.32 bits per heavy atom. The molecule has 2 aromatic rings. The number of anilines is 1. The van der Waals surface area contributed by atoms with Gasteiger partial charge >= 0.3 is 0 Å². The highest BCUT2D eigenvalue weighted by molar-refractivity contribution is 5.95. The summed E-state index contributed by atoms with van der Waals surface area (Å²) >= 11 is 0. The van der Waals surface area contributed by atoms with Gasteiger partial charge in [-0.2, -0.15) is 5.26 Å². The molecule has 2 aliphatic rings. The topological polar surface area (TPSA) is 81.5 Å². The third-order valence-corrected chi connectivity index (χ3v) is 5.54. The molecule has 1 aromatic heterocycles. The number of nitrogens with zero attached hydrogens (tertiary/aromatic N) is 4. The summed E-state index contributed by atoms with van der Waals surface area (Å²) < 4.78 is 6.20. The molecule has 3 atom stereocenters. The molecule has 1 amide bonds. The molecule has 0 spiro atoms. The Hall–Kier alpha value is -2.69. The molecule has 7 nitrogen and oxygen atoms in total. The number of benzene rings is 1. The first-order valence-electron chi connectivity index (χ1n) is 9.74. The number of amides is 1. The van der Waals surface area contributed by atoms with Gasteiger partial charge in [-0.1, -0.05) is 0 Å². The van der Waals surface area contributed by atoms with Crippen LogP contribution < -0.4 is 10.2 Å². The molecule has 0 saturated carbocycles. The van der Waals surface area contributed by atoms with Crippen molar-refractivity contribution >= 4 is 22.5 Å². The van der Waals surface area contributed by atoms with Crippen LogP contribution in [0.1, 0.15) is 19.4 Å². The van der Waals surface area contributed by atoms with Gasteiger partial charge in [0, 0.05) is 49.5 Å². The van der Waals surface area contributed by atoms with Crippen LogP contribution in [0.15, 0.2) is 30.5 Å². The Balaban J connectivity index is 1.58. The Bertz CT molecular complexity index is 925. The minimum absolute atomic E-state index is 0.0134. The summed E-state index contributed by atoms with van der Waals surface area (Å²) in [6.45, 7) is 7.55. The normalized spacial score (nSPS) is 26.1. The molecule has 2 saturated heterocycles. The van der Waals surface area contributed by atoms with Crippen LogP contribution in [0.2, 0.25) is 0 Å². The van der Waals surface area contributed by atoms with Crippen molar-refractivity contribution in [1.29, 1.82) is 5.26 Å². The number of nitrogens with one attached hydrogen (secondary N) is 1. The van der Waals surface area contributed by atoms with Gasteiger partial charge in [0.05, 0.1) is 29.8 Å². The van der Waals surface area contributed by atoms with E-state index < -0.39 is 0 Å². The quantitative estimate of drug-likeness (QED) is 0.871. The van der Waals surface area contributed by atoms with Crippen LogP contribution >= 0.6 is 0 Å². The van der Waals surface area contributed by atoms with Crippen LogP contribution in [0, 0.1) is 11.3 Å². The van der Waals surface area contributed by atoms with Gasteiger partial charge in [0.25, 0.3) is 0 Å². The summed E-state index contributed by atoms with van der Waals surface area (Å²) in [4.78, 5) is 20.7. The van der Waals surface area contributed by atoms with Crippen LogP contribution in [0.25, 0.3) is 10.9 Å². The van der Waals surface area contributed by atoms with Crippen LogP contribution in [0.4, 0.5) is 5.69 Å². The molecular formula is C21H25N5O2. The molecule has 1 aromatic carbocycles. The highest BCUT2D eigenvalue weighted by Crippen LogP contribution is 2.30. The zero-order chi connectivity index (χ0) is 19.7. The Kier molecular flexibility index (Phi) is 5.16. The Morgan fingerprint density at radius 2 is 2.18 bits per heavy atom. The molecule has 7 heteroatoms. The van der Waals surface area contributed by atoms with Gasteiger partial charge in [-0.15, -0.1) is 0 Å². The molecule has 1 N–H and O–H groups in total. The average Bonchev–Trinajstić information content (AvgIpc) is 2.69. The first-order valence-corrected chi connectivity index (χ1v) is 9.74. The lowest BCUT2D eigenvalue weighted by molar-refractivity contribution is -0.126. The maximum atomic E-state index is 11.8. The third-order valence-electron chi connectivity index (χ3n) is 5.54. The molecule has 146 valence electrons. The number of carbonyl (C=O) groups excluding carboxylic acids is 1. The maximum Gasteiger partial charge on any atom is 0.234 e. The van der Waals surface area contributed by atoms with E-state index >= 15 is 0 Å². The molecule has 2 aliphatic heterocycles. The second-order valence-electron chi connectivity index (χ2n) is 7.70. The monoisotopic (exact) mass is 379 g/mol. The van der Waals surface area contributed by atoms with E-state index in [9.17, 15) is 10.1 Å². The molecule has 3 heterocycles. The zero-order valence-corrected chi connectivity index (χ0v) is 16.3. The van der Waals surface area contributed by atoms with E-state index in [0.29, 0.717) is 24.7 Å². The van der Waals surface area contributed by atoms with Crippen molar-refractivity contribution < 1.29 is 9.53 Å². The molecule has 0 bridgehead atoms. The first-order chi connectivity index (χ1) is 13.5. The number of pyridine rings is 1. The number of hydrogen-bond donors (Lipinski definition) is 1. The fraction of sp³-hybridized carbons (Fsp3) is 0.476. The van der Waals surface area contributed by atoms with E-state index in [2.05, 4.69) is 40.0 Å². The van der Waals surface area contributed by atoms with Crippen molar-refractivity contribution in [2.45, 2.75) is 32.1 Å². The standard InChI is InChI=1S/C21H25N5O2/c1-14-9-24-20(27)13-25(14)11-17-12-26(10-15(2)28-17)19-6-5-16(8-22)21-18(19)4-3-7-23-21/h3-7,14-15,17H,9-13H2,1-2H3,(H,24,27)/t14-,15-,17+/m1/s1. The molecule has 2 fully saturated rings. The first kappa shape index (κ1) is 18.7. The summed E-state index contributed by atoms with van der Waals surface area (Å²) in [6.07, 6.45) is 1.81. The van der Waals surface area contributed by atoms with Gasteiger partial charge in [0.15, 0.2) is 0 Å². The van der Waals surface area contributed by atoms with E-state index in [1.807, 2.05) is 24.3 Å². The van der Waals surface area contributed by atoms with Gasteiger partial charge in [-0.25, -0.2) is 0 Å². The van der Waals surface area contributed by atoms with Crippen molar-refractivity contribution in [3.63, 3.8) is 0 Å². The smallest absolute Gasteiger partial charge is 0.234 e. The second kappa shape index (κ2) is 7.74. The van der Waals surface area contributed by atoms with E-state index in [-0.39, 0.29) is 18.1 Å². The molecule has 0 aliphatic carbocycles. The minimum Gasteiger partial charge on any atom is -0.370 e. The predicted octanol–water partition coefficient (Wildman–Crippen LogP) is 1.52. The molecule has 4 rings (SSSR count). The highest BCUT2D eigenvalue weighted by Gasteiger charge is 2.31. The van der Waals surface area contributed by atoms with E-state index in [4.69, 9.17) is 4.74 Å². The number of carbonyl (C=O) groups is 1. The lowest BCUT2D eigenvalue weighted by atomic mass is 10.1. The number of morpholine rings is 1. The minimum atomic E-state index is 0.0134. The largest absolute Gasteiger partial charge is 0.370 e. The van der Waals surface area contributed by atoms with Crippen molar-refractivity contribution in [1.82, 2.24) is 15.2 Å². The molecule has 0 radical (unpaired) electrons. The van der Waals surface area contributed by atoms with Crippen LogP contribution in [-0.2, 0) is 9.53 Å². The fourth-order valence-corrected chi connectivity index (χ4v) is 4.16. The van der Waals surface area contributed by atoms with Gasteiger partial charge in [0.2, 0.25) is 5.91 Å².